The van der Waals surface area contributed by atoms with Crippen LogP contribution in [0.3, 0.4) is 0 Å². The van der Waals surface area contributed by atoms with Gasteiger partial charge in [0.15, 0.2) is 0 Å². The van der Waals surface area contributed by atoms with Crippen LogP contribution in [0.4, 0.5) is 0 Å². The number of hydrogen-bond acceptors (Lipinski definition) is 2. The van der Waals surface area contributed by atoms with Crippen molar-refractivity contribution in [2.75, 3.05) is 20.3 Å². The summed E-state index contributed by atoms with van der Waals surface area (Å²) in [6, 6.07) is 0.566. The van der Waals surface area contributed by atoms with Gasteiger partial charge in [0.05, 0.1) is 6.61 Å². The third kappa shape index (κ3) is 10.2. The zero-order chi connectivity index (χ0) is 11.4. The van der Waals surface area contributed by atoms with Crippen molar-refractivity contribution < 1.29 is 4.74 Å². The maximum absolute atomic E-state index is 5.22. The fourth-order valence-electron chi connectivity index (χ4n) is 1.75. The van der Waals surface area contributed by atoms with Crippen molar-refractivity contribution in [1.29, 1.82) is 0 Å². The Kier molecular flexibility index (Phi) is 11.9. The minimum atomic E-state index is 0.566. The van der Waals surface area contributed by atoms with Crippen LogP contribution in [0.25, 0.3) is 0 Å². The van der Waals surface area contributed by atoms with E-state index in [9.17, 15) is 0 Å². The van der Waals surface area contributed by atoms with E-state index in [1.54, 1.807) is 7.11 Å². The monoisotopic (exact) mass is 215 g/mol. The fourth-order valence-corrected chi connectivity index (χ4v) is 1.75. The number of nitrogens with one attached hydrogen (secondary N) is 1. The van der Waals surface area contributed by atoms with Crippen LogP contribution in [0.2, 0.25) is 0 Å². The van der Waals surface area contributed by atoms with E-state index in [0.29, 0.717) is 6.04 Å². The highest BCUT2D eigenvalue weighted by molar-refractivity contribution is 4.65. The predicted octanol–water partition coefficient (Wildman–Crippen LogP) is 3.36. The highest BCUT2D eigenvalue weighted by atomic mass is 16.5. The molecule has 0 saturated carbocycles. The van der Waals surface area contributed by atoms with Gasteiger partial charge in [-0.2, -0.15) is 0 Å². The van der Waals surface area contributed by atoms with Gasteiger partial charge in [0.25, 0.3) is 0 Å². The fraction of sp³-hybridized carbons (Fsp3) is 1.00. The van der Waals surface area contributed by atoms with Crippen molar-refractivity contribution >= 4 is 0 Å². The third-order valence-electron chi connectivity index (χ3n) is 2.74. The van der Waals surface area contributed by atoms with Gasteiger partial charge in [-0.3, -0.25) is 0 Å². The van der Waals surface area contributed by atoms with Crippen molar-refractivity contribution in [3.63, 3.8) is 0 Å². The van der Waals surface area contributed by atoms with Gasteiger partial charge in [-0.05, 0) is 19.4 Å². The average molecular weight is 215 g/mol. The molecule has 0 bridgehead atoms. The van der Waals surface area contributed by atoms with E-state index in [4.69, 9.17) is 4.74 Å². The standard InChI is InChI=1S/C13H29NO/c1-4-6-8-9-11-14-13(12-15-3)10-7-5-2/h13-14H,4-12H2,1-3H3. The van der Waals surface area contributed by atoms with Crippen molar-refractivity contribution in [3.05, 3.63) is 0 Å². The normalized spacial score (nSPS) is 13.0. The van der Waals surface area contributed by atoms with Gasteiger partial charge >= 0.3 is 0 Å². The molecular weight excluding hydrogens is 186 g/mol. The lowest BCUT2D eigenvalue weighted by atomic mass is 10.1. The highest BCUT2D eigenvalue weighted by Gasteiger charge is 2.05. The predicted molar refractivity (Wildman–Crippen MR) is 67.3 cm³/mol. The minimum Gasteiger partial charge on any atom is -0.383 e. The lowest BCUT2D eigenvalue weighted by Crippen LogP contribution is -2.33. The molecular formula is C13H29NO. The molecule has 0 saturated heterocycles. The Labute approximate surface area is 95.8 Å². The second kappa shape index (κ2) is 12.0. The van der Waals surface area contributed by atoms with E-state index in [2.05, 4.69) is 19.2 Å². The Morgan fingerprint density at radius 2 is 1.73 bits per heavy atom. The molecule has 0 heterocycles. The summed E-state index contributed by atoms with van der Waals surface area (Å²) in [4.78, 5) is 0. The van der Waals surface area contributed by atoms with E-state index < -0.39 is 0 Å². The van der Waals surface area contributed by atoms with E-state index in [-0.39, 0.29) is 0 Å². The Hall–Kier alpha value is -0.0800. The number of ether oxygens (including phenoxy) is 1. The maximum Gasteiger partial charge on any atom is 0.0615 e. The molecule has 0 spiro atoms. The smallest absolute Gasteiger partial charge is 0.0615 e. The van der Waals surface area contributed by atoms with Gasteiger partial charge in [-0.1, -0.05) is 46.0 Å². The van der Waals surface area contributed by atoms with Crippen LogP contribution in [0.15, 0.2) is 0 Å². The summed E-state index contributed by atoms with van der Waals surface area (Å²) in [6.45, 7) is 6.50. The van der Waals surface area contributed by atoms with Gasteiger partial charge in [-0.15, -0.1) is 0 Å². The van der Waals surface area contributed by atoms with E-state index in [1.807, 2.05) is 0 Å². The first kappa shape index (κ1) is 14.9. The zero-order valence-corrected chi connectivity index (χ0v) is 10.8. The second-order valence-corrected chi connectivity index (χ2v) is 4.31. The first-order chi connectivity index (χ1) is 7.35. The van der Waals surface area contributed by atoms with Gasteiger partial charge in [0.2, 0.25) is 0 Å². The molecule has 92 valence electrons. The van der Waals surface area contributed by atoms with Crippen molar-refractivity contribution in [1.82, 2.24) is 5.32 Å². The summed E-state index contributed by atoms with van der Waals surface area (Å²) >= 11 is 0. The molecule has 0 rings (SSSR count). The van der Waals surface area contributed by atoms with Crippen LogP contribution in [0.5, 0.6) is 0 Å². The molecule has 0 aliphatic rings. The zero-order valence-electron chi connectivity index (χ0n) is 10.8. The lowest BCUT2D eigenvalue weighted by molar-refractivity contribution is 0.161. The van der Waals surface area contributed by atoms with E-state index >= 15 is 0 Å². The molecule has 0 aromatic rings. The summed E-state index contributed by atoms with van der Waals surface area (Å²) in [6.07, 6.45) is 9.17. The Morgan fingerprint density at radius 3 is 2.33 bits per heavy atom. The Bertz CT molecular complexity index is 117. The molecule has 0 aromatic carbocycles. The number of unbranched alkanes of at least 4 members (excludes halogenated alkanes) is 4. The topological polar surface area (TPSA) is 21.3 Å². The third-order valence-corrected chi connectivity index (χ3v) is 2.74. The molecule has 0 aromatic heterocycles. The van der Waals surface area contributed by atoms with Crippen LogP contribution in [-0.2, 0) is 4.74 Å². The molecule has 0 aliphatic carbocycles. The number of methoxy groups -OCH3 is 1. The molecule has 1 N–H and O–H groups in total. The molecule has 2 heteroatoms. The molecule has 2 nitrogen and oxygen atoms in total. The van der Waals surface area contributed by atoms with Crippen molar-refractivity contribution in [2.24, 2.45) is 0 Å². The molecule has 0 aliphatic heterocycles. The number of rotatable bonds is 11. The summed E-state index contributed by atoms with van der Waals surface area (Å²) in [5.41, 5.74) is 0. The SMILES string of the molecule is CCCCCCNC(CCCC)COC. The molecule has 0 fully saturated rings. The van der Waals surface area contributed by atoms with Crippen LogP contribution < -0.4 is 5.32 Å². The van der Waals surface area contributed by atoms with Gasteiger partial charge in [-0.25, -0.2) is 0 Å². The minimum absolute atomic E-state index is 0.566. The van der Waals surface area contributed by atoms with E-state index in [1.165, 1.54) is 44.9 Å². The molecule has 0 amide bonds. The second-order valence-electron chi connectivity index (χ2n) is 4.31. The van der Waals surface area contributed by atoms with Gasteiger partial charge in [0.1, 0.15) is 0 Å². The van der Waals surface area contributed by atoms with Crippen LogP contribution in [0.1, 0.15) is 58.8 Å². The Balaban J connectivity index is 3.38. The van der Waals surface area contributed by atoms with E-state index in [0.717, 1.165) is 13.2 Å². The van der Waals surface area contributed by atoms with Gasteiger partial charge < -0.3 is 10.1 Å². The summed E-state index contributed by atoms with van der Waals surface area (Å²) in [5.74, 6) is 0. The Morgan fingerprint density at radius 1 is 1.00 bits per heavy atom. The first-order valence-corrected chi connectivity index (χ1v) is 6.57. The molecule has 1 unspecified atom stereocenters. The number of hydrogen-bond donors (Lipinski definition) is 1. The largest absolute Gasteiger partial charge is 0.383 e. The quantitative estimate of drug-likeness (QED) is 0.534. The van der Waals surface area contributed by atoms with Crippen LogP contribution >= 0.6 is 0 Å². The first-order valence-electron chi connectivity index (χ1n) is 6.57. The molecule has 0 radical (unpaired) electrons. The maximum atomic E-state index is 5.22. The van der Waals surface area contributed by atoms with Crippen molar-refractivity contribution in [2.45, 2.75) is 64.8 Å². The summed E-state index contributed by atoms with van der Waals surface area (Å²) < 4.78 is 5.22. The lowest BCUT2D eigenvalue weighted by Gasteiger charge is -2.17. The highest BCUT2D eigenvalue weighted by Crippen LogP contribution is 2.02. The average Bonchev–Trinajstić information content (AvgIpc) is 2.25. The summed E-state index contributed by atoms with van der Waals surface area (Å²) in [5, 5.41) is 3.59. The molecule has 15 heavy (non-hydrogen) atoms. The van der Waals surface area contributed by atoms with Crippen molar-refractivity contribution in [3.8, 4) is 0 Å². The van der Waals surface area contributed by atoms with Crippen LogP contribution in [0, 0.1) is 0 Å². The molecule has 1 atom stereocenters. The summed E-state index contributed by atoms with van der Waals surface area (Å²) in [7, 11) is 1.79. The van der Waals surface area contributed by atoms with Crippen LogP contribution in [-0.4, -0.2) is 26.3 Å². The van der Waals surface area contributed by atoms with Gasteiger partial charge in [0, 0.05) is 13.2 Å².